The molecule has 3 nitrogen and oxygen atoms in total. The standard InChI is InChI=1S/C3H7NO2.C2H6.H2/c1-4-3(6)2-5;1-2;/h5H,2H2,1H3,(H,4,6);1-2H3;1H. The van der Waals surface area contributed by atoms with Crippen molar-refractivity contribution >= 4 is 5.91 Å². The van der Waals surface area contributed by atoms with Gasteiger partial charge in [-0.1, -0.05) is 13.8 Å². The molecule has 0 spiro atoms. The molecule has 0 aliphatic heterocycles. The van der Waals surface area contributed by atoms with E-state index in [0.29, 0.717) is 0 Å². The van der Waals surface area contributed by atoms with E-state index in [0.717, 1.165) is 0 Å². The summed E-state index contributed by atoms with van der Waals surface area (Å²) in [5, 5.41) is 10.1. The van der Waals surface area contributed by atoms with Crippen LogP contribution in [-0.4, -0.2) is 24.7 Å². The maximum atomic E-state index is 9.82. The fourth-order valence-electron chi connectivity index (χ4n) is 0.0791. The number of aliphatic hydroxyl groups excluding tert-OH is 1. The maximum Gasteiger partial charge on any atom is 0.245 e. The molecular formula is C5H15NO2. The summed E-state index contributed by atoms with van der Waals surface area (Å²) in [5.74, 6) is -0.352. The molecule has 0 radical (unpaired) electrons. The second kappa shape index (κ2) is 9.66. The van der Waals surface area contributed by atoms with Crippen LogP contribution in [0.4, 0.5) is 0 Å². The second-order valence-electron chi connectivity index (χ2n) is 0.831. The van der Waals surface area contributed by atoms with Crippen LogP contribution in [0.5, 0.6) is 0 Å². The van der Waals surface area contributed by atoms with Crippen molar-refractivity contribution in [3.63, 3.8) is 0 Å². The van der Waals surface area contributed by atoms with Crippen LogP contribution >= 0.6 is 0 Å². The molecule has 0 atom stereocenters. The first-order chi connectivity index (χ1) is 3.81. The van der Waals surface area contributed by atoms with Gasteiger partial charge in [0.2, 0.25) is 5.91 Å². The number of rotatable bonds is 1. The number of nitrogens with one attached hydrogen (secondary N) is 1. The lowest BCUT2D eigenvalue weighted by Gasteiger charge is -1.86. The van der Waals surface area contributed by atoms with Gasteiger partial charge in [-0.25, -0.2) is 0 Å². The molecule has 0 aromatic rings. The van der Waals surface area contributed by atoms with Gasteiger partial charge in [0.15, 0.2) is 0 Å². The molecule has 0 aliphatic rings. The van der Waals surface area contributed by atoms with Crippen molar-refractivity contribution in [1.82, 2.24) is 5.32 Å². The van der Waals surface area contributed by atoms with Crippen molar-refractivity contribution in [2.24, 2.45) is 0 Å². The summed E-state index contributed by atoms with van der Waals surface area (Å²) >= 11 is 0. The number of hydrogen-bond donors (Lipinski definition) is 2. The minimum Gasteiger partial charge on any atom is -0.387 e. The number of aliphatic hydroxyl groups is 1. The topological polar surface area (TPSA) is 49.3 Å². The largest absolute Gasteiger partial charge is 0.387 e. The minimum atomic E-state index is -0.420. The van der Waals surface area contributed by atoms with Gasteiger partial charge < -0.3 is 10.4 Å². The van der Waals surface area contributed by atoms with Crippen LogP contribution in [0.25, 0.3) is 0 Å². The predicted molar refractivity (Wildman–Crippen MR) is 34.6 cm³/mol. The summed E-state index contributed by atoms with van der Waals surface area (Å²) in [6.45, 7) is 3.58. The molecule has 52 valence electrons. The fourth-order valence-corrected chi connectivity index (χ4v) is 0.0791. The quantitative estimate of drug-likeness (QED) is 0.513. The third-order valence-corrected chi connectivity index (χ3v) is 0.422. The highest BCUT2D eigenvalue weighted by molar-refractivity contribution is 5.76. The number of amides is 1. The number of carbonyl (C=O) groups is 1. The van der Waals surface area contributed by atoms with Crippen LogP contribution in [0.3, 0.4) is 0 Å². The molecule has 8 heavy (non-hydrogen) atoms. The third kappa shape index (κ3) is 9.06. The van der Waals surface area contributed by atoms with Gasteiger partial charge in [0.25, 0.3) is 0 Å². The molecule has 3 heteroatoms. The Morgan fingerprint density at radius 1 is 1.75 bits per heavy atom. The van der Waals surface area contributed by atoms with E-state index in [1.807, 2.05) is 13.8 Å². The van der Waals surface area contributed by atoms with Gasteiger partial charge in [-0.2, -0.15) is 0 Å². The molecule has 1 amide bonds. The average molecular weight is 121 g/mol. The fraction of sp³-hybridized carbons (Fsp3) is 0.800. The Morgan fingerprint density at radius 3 is 2.12 bits per heavy atom. The zero-order chi connectivity index (χ0) is 6.99. The molecule has 0 fully saturated rings. The van der Waals surface area contributed by atoms with Crippen molar-refractivity contribution in [3.8, 4) is 0 Å². The lowest BCUT2D eigenvalue weighted by Crippen LogP contribution is -2.20. The summed E-state index contributed by atoms with van der Waals surface area (Å²) in [4.78, 5) is 9.82. The Kier molecular flexibility index (Phi) is 12.6. The zero-order valence-electron chi connectivity index (χ0n) is 5.56. The van der Waals surface area contributed by atoms with Crippen LogP contribution in [0, 0.1) is 0 Å². The molecule has 2 N–H and O–H groups in total. The first kappa shape index (κ1) is 10.4. The van der Waals surface area contributed by atoms with Crippen molar-refractivity contribution in [1.29, 1.82) is 0 Å². The molecule has 0 heterocycles. The van der Waals surface area contributed by atoms with E-state index < -0.39 is 6.61 Å². The lowest BCUT2D eigenvalue weighted by molar-refractivity contribution is -0.123. The Morgan fingerprint density at radius 2 is 2.12 bits per heavy atom. The molecule has 0 aromatic heterocycles. The minimum absolute atomic E-state index is 0. The number of likely N-dealkylation sites (N-methyl/N-ethyl adjacent to an activating group) is 1. The molecule has 0 saturated heterocycles. The van der Waals surface area contributed by atoms with Crippen LogP contribution < -0.4 is 5.32 Å². The summed E-state index contributed by atoms with van der Waals surface area (Å²) in [6.07, 6.45) is 0. The Hall–Kier alpha value is -0.570. The second-order valence-corrected chi connectivity index (χ2v) is 0.831. The Bertz CT molecular complexity index is 52.9. The smallest absolute Gasteiger partial charge is 0.245 e. The first-order valence-corrected chi connectivity index (χ1v) is 2.62. The van der Waals surface area contributed by atoms with Crippen LogP contribution in [0.15, 0.2) is 0 Å². The molecule has 0 saturated carbocycles. The summed E-state index contributed by atoms with van der Waals surface area (Å²) in [5.41, 5.74) is 0. The summed E-state index contributed by atoms with van der Waals surface area (Å²) in [7, 11) is 1.47. The van der Waals surface area contributed by atoms with Crippen LogP contribution in [0.2, 0.25) is 0 Å². The highest BCUT2D eigenvalue weighted by Gasteiger charge is 1.86. The Labute approximate surface area is 51.2 Å². The van der Waals surface area contributed by atoms with Crippen molar-refractivity contribution < 1.29 is 11.3 Å². The maximum absolute atomic E-state index is 9.82. The van der Waals surface area contributed by atoms with Crippen molar-refractivity contribution in [2.75, 3.05) is 13.7 Å². The van der Waals surface area contributed by atoms with Crippen molar-refractivity contribution in [3.05, 3.63) is 0 Å². The first-order valence-electron chi connectivity index (χ1n) is 2.62. The number of hydrogen-bond acceptors (Lipinski definition) is 2. The highest BCUT2D eigenvalue weighted by Crippen LogP contribution is 1.51. The van der Waals surface area contributed by atoms with E-state index in [-0.39, 0.29) is 7.33 Å². The molecule has 0 aromatic carbocycles. The van der Waals surface area contributed by atoms with Gasteiger partial charge in [0, 0.05) is 8.47 Å². The van der Waals surface area contributed by atoms with E-state index in [2.05, 4.69) is 5.32 Å². The average Bonchev–Trinajstić information content (AvgIpc) is 1.91. The summed E-state index contributed by atoms with van der Waals surface area (Å²) < 4.78 is 0. The zero-order valence-corrected chi connectivity index (χ0v) is 5.56. The van der Waals surface area contributed by atoms with Gasteiger partial charge in [0.05, 0.1) is 0 Å². The highest BCUT2D eigenvalue weighted by atomic mass is 16.3. The van der Waals surface area contributed by atoms with Gasteiger partial charge in [-0.05, 0) is 0 Å². The predicted octanol–water partition coefficient (Wildman–Crippen LogP) is -0.00310. The van der Waals surface area contributed by atoms with Gasteiger partial charge >= 0.3 is 0 Å². The monoisotopic (exact) mass is 121 g/mol. The molecule has 0 bridgehead atoms. The van der Waals surface area contributed by atoms with Crippen LogP contribution in [-0.2, 0) is 4.79 Å². The van der Waals surface area contributed by atoms with E-state index in [1.54, 1.807) is 0 Å². The van der Waals surface area contributed by atoms with Gasteiger partial charge in [-0.15, -0.1) is 0 Å². The van der Waals surface area contributed by atoms with E-state index in [1.165, 1.54) is 7.05 Å². The van der Waals surface area contributed by atoms with E-state index in [4.69, 9.17) is 5.11 Å². The molecule has 0 rings (SSSR count). The Balaban J connectivity index is -0.000000109. The van der Waals surface area contributed by atoms with Gasteiger partial charge in [0.1, 0.15) is 6.61 Å². The molecule has 0 aliphatic carbocycles. The van der Waals surface area contributed by atoms with E-state index in [9.17, 15) is 4.79 Å². The molecular weight excluding hydrogens is 106 g/mol. The lowest BCUT2D eigenvalue weighted by atomic mass is 10.7. The number of carbonyl (C=O) groups excluding carboxylic acids is 1. The van der Waals surface area contributed by atoms with Gasteiger partial charge in [-0.3, -0.25) is 4.79 Å². The molecule has 0 unspecified atom stereocenters. The third-order valence-electron chi connectivity index (χ3n) is 0.422. The van der Waals surface area contributed by atoms with Crippen molar-refractivity contribution in [2.45, 2.75) is 13.8 Å². The SMILES string of the molecule is CC.CNC(=O)CO.[HH]. The van der Waals surface area contributed by atoms with Crippen LogP contribution in [0.1, 0.15) is 15.3 Å². The normalized spacial score (nSPS) is 6.50. The van der Waals surface area contributed by atoms with E-state index >= 15 is 0 Å². The summed E-state index contributed by atoms with van der Waals surface area (Å²) in [6, 6.07) is 0.